The summed E-state index contributed by atoms with van der Waals surface area (Å²) in [5, 5.41) is 0. The van der Waals surface area contributed by atoms with Crippen LogP contribution in [0.3, 0.4) is 0 Å². The zero-order valence-corrected chi connectivity index (χ0v) is 12.6. The Morgan fingerprint density at radius 3 is 2.48 bits per heavy atom. The van der Waals surface area contributed by atoms with E-state index in [0.717, 1.165) is 22.4 Å². The molecule has 0 heterocycles. The van der Waals surface area contributed by atoms with Crippen LogP contribution in [-0.2, 0) is 16.1 Å². The third-order valence-electron chi connectivity index (χ3n) is 3.41. The SMILES string of the molecule is Cc1cccc(OC(C)C(=O)OCc2ccccc2)c1C. The van der Waals surface area contributed by atoms with Gasteiger partial charge in [0.2, 0.25) is 0 Å². The quantitative estimate of drug-likeness (QED) is 0.783. The van der Waals surface area contributed by atoms with E-state index in [1.165, 1.54) is 0 Å². The normalized spacial score (nSPS) is 11.8. The van der Waals surface area contributed by atoms with Crippen molar-refractivity contribution in [3.63, 3.8) is 0 Å². The third-order valence-corrected chi connectivity index (χ3v) is 3.41. The molecule has 1 atom stereocenters. The second kappa shape index (κ2) is 6.93. The van der Waals surface area contributed by atoms with Gasteiger partial charge in [0, 0.05) is 0 Å². The highest BCUT2D eigenvalue weighted by Crippen LogP contribution is 2.22. The first-order valence-corrected chi connectivity index (χ1v) is 7.01. The van der Waals surface area contributed by atoms with Crippen molar-refractivity contribution in [1.82, 2.24) is 0 Å². The van der Waals surface area contributed by atoms with E-state index >= 15 is 0 Å². The predicted octanol–water partition coefficient (Wildman–Crippen LogP) is 3.81. The molecule has 0 aliphatic heterocycles. The summed E-state index contributed by atoms with van der Waals surface area (Å²) in [6, 6.07) is 15.4. The van der Waals surface area contributed by atoms with E-state index in [-0.39, 0.29) is 12.6 Å². The number of hydrogen-bond donors (Lipinski definition) is 0. The van der Waals surface area contributed by atoms with Crippen LogP contribution >= 0.6 is 0 Å². The highest BCUT2D eigenvalue weighted by Gasteiger charge is 2.17. The maximum absolute atomic E-state index is 12.0. The van der Waals surface area contributed by atoms with Gasteiger partial charge >= 0.3 is 5.97 Å². The maximum atomic E-state index is 12.0. The van der Waals surface area contributed by atoms with Crippen molar-refractivity contribution in [1.29, 1.82) is 0 Å². The molecule has 1 unspecified atom stereocenters. The first kappa shape index (κ1) is 15.1. The van der Waals surface area contributed by atoms with Crippen LogP contribution in [0.5, 0.6) is 5.75 Å². The highest BCUT2D eigenvalue weighted by molar-refractivity contribution is 5.74. The smallest absolute Gasteiger partial charge is 0.347 e. The summed E-state index contributed by atoms with van der Waals surface area (Å²) < 4.78 is 11.0. The van der Waals surface area contributed by atoms with Crippen molar-refractivity contribution >= 4 is 5.97 Å². The molecule has 110 valence electrons. The molecule has 0 bridgehead atoms. The summed E-state index contributed by atoms with van der Waals surface area (Å²) in [6.45, 7) is 5.96. The summed E-state index contributed by atoms with van der Waals surface area (Å²) in [7, 11) is 0. The van der Waals surface area contributed by atoms with Crippen molar-refractivity contribution < 1.29 is 14.3 Å². The molecular formula is C18H20O3. The molecule has 3 nitrogen and oxygen atoms in total. The van der Waals surface area contributed by atoms with Gasteiger partial charge in [0.25, 0.3) is 0 Å². The van der Waals surface area contributed by atoms with Crippen LogP contribution in [0, 0.1) is 13.8 Å². The van der Waals surface area contributed by atoms with Crippen LogP contribution in [0.15, 0.2) is 48.5 Å². The fourth-order valence-electron chi connectivity index (χ4n) is 1.94. The molecule has 0 saturated carbocycles. The molecule has 2 rings (SSSR count). The second-order valence-corrected chi connectivity index (χ2v) is 5.05. The predicted molar refractivity (Wildman–Crippen MR) is 82.2 cm³/mol. The molecule has 0 radical (unpaired) electrons. The Morgan fingerprint density at radius 1 is 1.05 bits per heavy atom. The average molecular weight is 284 g/mol. The molecule has 0 amide bonds. The van der Waals surface area contributed by atoms with E-state index in [1.807, 2.05) is 62.4 Å². The molecule has 0 N–H and O–H groups in total. The van der Waals surface area contributed by atoms with Gasteiger partial charge in [0.1, 0.15) is 12.4 Å². The number of carbonyl (C=O) groups excluding carboxylic acids is 1. The maximum Gasteiger partial charge on any atom is 0.347 e. The lowest BCUT2D eigenvalue weighted by Crippen LogP contribution is -2.26. The summed E-state index contributed by atoms with van der Waals surface area (Å²) in [6.07, 6.45) is -0.630. The van der Waals surface area contributed by atoms with Gasteiger partial charge in [-0.3, -0.25) is 0 Å². The summed E-state index contributed by atoms with van der Waals surface area (Å²) in [4.78, 5) is 12.0. The minimum absolute atomic E-state index is 0.264. The van der Waals surface area contributed by atoms with Crippen LogP contribution in [0.25, 0.3) is 0 Å². The molecule has 21 heavy (non-hydrogen) atoms. The lowest BCUT2D eigenvalue weighted by molar-refractivity contribution is -0.152. The van der Waals surface area contributed by atoms with Crippen molar-refractivity contribution in [2.45, 2.75) is 33.5 Å². The summed E-state index contributed by atoms with van der Waals surface area (Å²) >= 11 is 0. The second-order valence-electron chi connectivity index (χ2n) is 5.05. The Labute approximate surface area is 125 Å². The van der Waals surface area contributed by atoms with E-state index in [1.54, 1.807) is 6.92 Å². The minimum atomic E-state index is -0.630. The topological polar surface area (TPSA) is 35.5 Å². The zero-order valence-electron chi connectivity index (χ0n) is 12.6. The molecule has 0 fully saturated rings. The number of hydrogen-bond acceptors (Lipinski definition) is 3. The van der Waals surface area contributed by atoms with Gasteiger partial charge in [-0.05, 0) is 43.5 Å². The van der Waals surface area contributed by atoms with Gasteiger partial charge in [-0.25, -0.2) is 4.79 Å². The van der Waals surface area contributed by atoms with Crippen molar-refractivity contribution in [3.8, 4) is 5.75 Å². The molecule has 0 aliphatic rings. The number of benzene rings is 2. The van der Waals surface area contributed by atoms with Gasteiger partial charge in [-0.2, -0.15) is 0 Å². The Hall–Kier alpha value is -2.29. The number of aryl methyl sites for hydroxylation is 1. The average Bonchev–Trinajstić information content (AvgIpc) is 2.50. The van der Waals surface area contributed by atoms with E-state index in [4.69, 9.17) is 9.47 Å². The van der Waals surface area contributed by atoms with Crippen LogP contribution in [0.2, 0.25) is 0 Å². The monoisotopic (exact) mass is 284 g/mol. The Bertz CT molecular complexity index is 605. The highest BCUT2D eigenvalue weighted by atomic mass is 16.6. The van der Waals surface area contributed by atoms with E-state index in [9.17, 15) is 4.79 Å². The molecule has 2 aromatic carbocycles. The first-order chi connectivity index (χ1) is 10.1. The number of carbonyl (C=O) groups is 1. The van der Waals surface area contributed by atoms with E-state index in [0.29, 0.717) is 0 Å². The summed E-state index contributed by atoms with van der Waals surface area (Å²) in [5.74, 6) is 0.360. The fourth-order valence-corrected chi connectivity index (χ4v) is 1.94. The van der Waals surface area contributed by atoms with Crippen LogP contribution < -0.4 is 4.74 Å². The zero-order chi connectivity index (χ0) is 15.2. The van der Waals surface area contributed by atoms with Gasteiger partial charge in [-0.1, -0.05) is 42.5 Å². The van der Waals surface area contributed by atoms with Crippen molar-refractivity contribution in [2.24, 2.45) is 0 Å². The Balaban J connectivity index is 1.92. The van der Waals surface area contributed by atoms with Gasteiger partial charge < -0.3 is 9.47 Å². The molecule has 0 aromatic heterocycles. The van der Waals surface area contributed by atoms with Crippen molar-refractivity contribution in [2.75, 3.05) is 0 Å². The molecule has 0 aliphatic carbocycles. The Morgan fingerprint density at radius 2 is 1.76 bits per heavy atom. The van der Waals surface area contributed by atoms with Crippen LogP contribution in [0.1, 0.15) is 23.6 Å². The lowest BCUT2D eigenvalue weighted by Gasteiger charge is -2.16. The Kier molecular flexibility index (Phi) is 4.99. The molecule has 0 spiro atoms. The van der Waals surface area contributed by atoms with Gasteiger partial charge in [-0.15, -0.1) is 0 Å². The van der Waals surface area contributed by atoms with Crippen LogP contribution in [-0.4, -0.2) is 12.1 Å². The largest absolute Gasteiger partial charge is 0.479 e. The third kappa shape index (κ3) is 4.09. The van der Waals surface area contributed by atoms with Crippen LogP contribution in [0.4, 0.5) is 0 Å². The standard InChI is InChI=1S/C18H20O3/c1-13-8-7-11-17(14(13)2)21-15(3)18(19)20-12-16-9-5-4-6-10-16/h4-11,15H,12H2,1-3H3. The van der Waals surface area contributed by atoms with E-state index < -0.39 is 6.10 Å². The first-order valence-electron chi connectivity index (χ1n) is 7.01. The van der Waals surface area contributed by atoms with Gasteiger partial charge in [0.15, 0.2) is 6.10 Å². The fraction of sp³-hybridized carbons (Fsp3) is 0.278. The van der Waals surface area contributed by atoms with Gasteiger partial charge in [0.05, 0.1) is 0 Å². The summed E-state index contributed by atoms with van der Waals surface area (Å²) in [5.41, 5.74) is 3.14. The lowest BCUT2D eigenvalue weighted by atomic mass is 10.1. The van der Waals surface area contributed by atoms with Crippen molar-refractivity contribution in [3.05, 3.63) is 65.2 Å². The molecule has 0 saturated heterocycles. The molecule has 3 heteroatoms. The molecule has 2 aromatic rings. The molecular weight excluding hydrogens is 264 g/mol. The van der Waals surface area contributed by atoms with E-state index in [2.05, 4.69) is 0 Å². The number of ether oxygens (including phenoxy) is 2. The minimum Gasteiger partial charge on any atom is -0.479 e. The number of rotatable bonds is 5. The number of esters is 1.